The van der Waals surface area contributed by atoms with E-state index in [4.69, 9.17) is 0 Å². The molecule has 0 bridgehead atoms. The first-order valence-corrected chi connectivity index (χ1v) is 8.41. The zero-order valence-corrected chi connectivity index (χ0v) is 12.9. The highest BCUT2D eigenvalue weighted by Crippen LogP contribution is 2.70. The Morgan fingerprint density at radius 1 is 1.05 bits per heavy atom. The zero-order valence-electron chi connectivity index (χ0n) is 12.9. The summed E-state index contributed by atoms with van der Waals surface area (Å²) in [6.07, 6.45) is 11.0. The van der Waals surface area contributed by atoms with Gasteiger partial charge in [-0.05, 0) is 77.8 Å². The van der Waals surface area contributed by atoms with Crippen LogP contribution in [0.2, 0.25) is 0 Å². The fourth-order valence-corrected chi connectivity index (χ4v) is 6.01. The smallest absolute Gasteiger partial charge is 0.0131 e. The van der Waals surface area contributed by atoms with Crippen molar-refractivity contribution in [1.29, 1.82) is 0 Å². The average Bonchev–Trinajstić information content (AvgIpc) is 2.74. The number of allylic oxidation sites excluding steroid dienone is 4. The van der Waals surface area contributed by atoms with E-state index in [9.17, 15) is 0 Å². The predicted molar refractivity (Wildman–Crippen MR) is 80.7 cm³/mol. The summed E-state index contributed by atoms with van der Waals surface area (Å²) in [4.78, 5) is 0. The molecule has 104 valence electrons. The van der Waals surface area contributed by atoms with Gasteiger partial charge in [0, 0.05) is 0 Å². The number of rotatable bonds is 0. The molecule has 4 rings (SSSR count). The van der Waals surface area contributed by atoms with E-state index in [1.54, 1.807) is 11.1 Å². The second-order valence-corrected chi connectivity index (χ2v) is 8.51. The van der Waals surface area contributed by atoms with E-state index in [0.29, 0.717) is 5.41 Å². The SMILES string of the molecule is CC1C=C2C(=C[C@@H](C)CC3C2CCC2C3C2(C)C)C1. The highest BCUT2D eigenvalue weighted by atomic mass is 14.7. The van der Waals surface area contributed by atoms with Crippen molar-refractivity contribution >= 4 is 0 Å². The highest BCUT2D eigenvalue weighted by molar-refractivity contribution is 5.42. The highest BCUT2D eigenvalue weighted by Gasteiger charge is 2.64. The van der Waals surface area contributed by atoms with Gasteiger partial charge in [0.25, 0.3) is 0 Å². The lowest BCUT2D eigenvalue weighted by Gasteiger charge is -2.32. The molecule has 4 aliphatic carbocycles. The molecule has 0 nitrogen and oxygen atoms in total. The van der Waals surface area contributed by atoms with E-state index in [1.807, 2.05) is 0 Å². The maximum absolute atomic E-state index is 2.62. The van der Waals surface area contributed by atoms with Gasteiger partial charge >= 0.3 is 0 Å². The minimum Gasteiger partial charge on any atom is -0.0782 e. The molecule has 0 aromatic heterocycles. The Morgan fingerprint density at radius 3 is 2.63 bits per heavy atom. The minimum absolute atomic E-state index is 0.647. The summed E-state index contributed by atoms with van der Waals surface area (Å²) >= 11 is 0. The Kier molecular flexibility index (Phi) is 2.43. The van der Waals surface area contributed by atoms with Gasteiger partial charge < -0.3 is 0 Å². The second kappa shape index (κ2) is 3.77. The maximum atomic E-state index is 2.62. The van der Waals surface area contributed by atoms with Gasteiger partial charge in [0.2, 0.25) is 0 Å². The van der Waals surface area contributed by atoms with Gasteiger partial charge in [-0.2, -0.15) is 0 Å². The minimum atomic E-state index is 0.647. The molecule has 0 aliphatic heterocycles. The molecule has 0 spiro atoms. The lowest BCUT2D eigenvalue weighted by molar-refractivity contribution is 0.224. The molecule has 0 aromatic rings. The Labute approximate surface area is 118 Å². The van der Waals surface area contributed by atoms with Gasteiger partial charge in [-0.15, -0.1) is 0 Å². The Morgan fingerprint density at radius 2 is 1.84 bits per heavy atom. The number of fused-ring (bicyclic) bond motifs is 5. The monoisotopic (exact) mass is 256 g/mol. The third kappa shape index (κ3) is 1.64. The first-order chi connectivity index (χ1) is 8.98. The Bertz CT molecular complexity index is 464. The van der Waals surface area contributed by atoms with Gasteiger partial charge in [0.1, 0.15) is 0 Å². The standard InChI is InChI=1S/C19H28/c1-11-7-13-8-12(2)10-16-14(15(13)9-11)5-6-17-18(16)19(17,3)4/h8-9,11-12,14,16-18H,5-7,10H2,1-4H3/t11?,12-,14?,16?,17?,18?/m1/s1. The first-order valence-electron chi connectivity index (χ1n) is 8.41. The molecule has 19 heavy (non-hydrogen) atoms. The van der Waals surface area contributed by atoms with Crippen molar-refractivity contribution in [2.24, 2.45) is 40.9 Å². The van der Waals surface area contributed by atoms with Crippen molar-refractivity contribution in [3.8, 4) is 0 Å². The van der Waals surface area contributed by atoms with Crippen molar-refractivity contribution in [1.82, 2.24) is 0 Å². The average molecular weight is 256 g/mol. The van der Waals surface area contributed by atoms with E-state index in [2.05, 4.69) is 39.8 Å². The van der Waals surface area contributed by atoms with E-state index >= 15 is 0 Å². The molecule has 0 saturated heterocycles. The normalized spacial score (nSPS) is 50.3. The summed E-state index contributed by atoms with van der Waals surface area (Å²) in [7, 11) is 0. The van der Waals surface area contributed by atoms with Gasteiger partial charge in [-0.3, -0.25) is 0 Å². The van der Waals surface area contributed by atoms with Gasteiger partial charge in [-0.25, -0.2) is 0 Å². The molecule has 2 saturated carbocycles. The van der Waals surface area contributed by atoms with Gasteiger partial charge in [-0.1, -0.05) is 39.8 Å². The van der Waals surface area contributed by atoms with Gasteiger partial charge in [0.05, 0.1) is 0 Å². The molecule has 2 fully saturated rings. The van der Waals surface area contributed by atoms with Crippen LogP contribution in [-0.4, -0.2) is 0 Å². The molecule has 5 unspecified atom stereocenters. The third-order valence-corrected chi connectivity index (χ3v) is 6.81. The molecular weight excluding hydrogens is 228 g/mol. The summed E-state index contributed by atoms with van der Waals surface area (Å²) in [5, 5.41) is 0. The van der Waals surface area contributed by atoms with Crippen LogP contribution in [0.5, 0.6) is 0 Å². The van der Waals surface area contributed by atoms with E-state index in [-0.39, 0.29) is 0 Å². The quantitative estimate of drug-likeness (QED) is 0.557. The summed E-state index contributed by atoms with van der Waals surface area (Å²) in [5.74, 6) is 5.55. The van der Waals surface area contributed by atoms with Crippen LogP contribution in [0.1, 0.15) is 53.4 Å². The van der Waals surface area contributed by atoms with Crippen LogP contribution in [0, 0.1) is 40.9 Å². The molecule has 0 aromatic carbocycles. The van der Waals surface area contributed by atoms with Crippen LogP contribution in [0.4, 0.5) is 0 Å². The Balaban J connectivity index is 1.72. The van der Waals surface area contributed by atoms with Crippen molar-refractivity contribution in [2.45, 2.75) is 53.4 Å². The Hall–Kier alpha value is -0.520. The fraction of sp³-hybridized carbons (Fsp3) is 0.789. The van der Waals surface area contributed by atoms with E-state index in [1.165, 1.54) is 25.7 Å². The summed E-state index contributed by atoms with van der Waals surface area (Å²) < 4.78 is 0. The second-order valence-electron chi connectivity index (χ2n) is 8.51. The van der Waals surface area contributed by atoms with Gasteiger partial charge in [0.15, 0.2) is 0 Å². The molecule has 6 atom stereocenters. The fourth-order valence-electron chi connectivity index (χ4n) is 6.01. The third-order valence-electron chi connectivity index (χ3n) is 6.81. The van der Waals surface area contributed by atoms with Crippen LogP contribution in [0.3, 0.4) is 0 Å². The summed E-state index contributed by atoms with van der Waals surface area (Å²) in [5.41, 5.74) is 4.15. The first kappa shape index (κ1) is 12.2. The number of hydrogen-bond acceptors (Lipinski definition) is 0. The summed E-state index contributed by atoms with van der Waals surface area (Å²) in [6, 6.07) is 0. The molecule has 4 aliphatic rings. The number of hydrogen-bond donors (Lipinski definition) is 0. The van der Waals surface area contributed by atoms with E-state index < -0.39 is 0 Å². The molecular formula is C19H28. The molecule has 0 heteroatoms. The van der Waals surface area contributed by atoms with Crippen LogP contribution in [-0.2, 0) is 0 Å². The molecule has 0 radical (unpaired) electrons. The zero-order chi connectivity index (χ0) is 13.4. The predicted octanol–water partition coefficient (Wildman–Crippen LogP) is 5.22. The molecule has 0 N–H and O–H groups in total. The topological polar surface area (TPSA) is 0 Å². The van der Waals surface area contributed by atoms with Crippen molar-refractivity contribution in [3.05, 3.63) is 23.3 Å². The van der Waals surface area contributed by atoms with Crippen LogP contribution < -0.4 is 0 Å². The van der Waals surface area contributed by atoms with Crippen LogP contribution in [0.15, 0.2) is 23.3 Å². The lowest BCUT2D eigenvalue weighted by Crippen LogP contribution is -2.24. The molecule has 0 heterocycles. The molecule has 0 amide bonds. The largest absolute Gasteiger partial charge is 0.0782 e. The van der Waals surface area contributed by atoms with Crippen LogP contribution >= 0.6 is 0 Å². The maximum Gasteiger partial charge on any atom is -0.0131 e. The van der Waals surface area contributed by atoms with Crippen molar-refractivity contribution in [3.63, 3.8) is 0 Å². The summed E-state index contributed by atoms with van der Waals surface area (Å²) in [6.45, 7) is 9.91. The van der Waals surface area contributed by atoms with Crippen molar-refractivity contribution < 1.29 is 0 Å². The van der Waals surface area contributed by atoms with Crippen LogP contribution in [0.25, 0.3) is 0 Å². The lowest BCUT2D eigenvalue weighted by atomic mass is 9.72. The van der Waals surface area contributed by atoms with E-state index in [0.717, 1.165) is 35.5 Å². The van der Waals surface area contributed by atoms with Crippen molar-refractivity contribution in [2.75, 3.05) is 0 Å².